The van der Waals surface area contributed by atoms with Crippen LogP contribution in [0, 0.1) is 13.8 Å². The maximum Gasteiger partial charge on any atom is 0.176 e. The summed E-state index contributed by atoms with van der Waals surface area (Å²) >= 11 is 1.78. The second kappa shape index (κ2) is 4.01. The molecule has 0 spiro atoms. The van der Waals surface area contributed by atoms with Crippen LogP contribution in [0.3, 0.4) is 0 Å². The summed E-state index contributed by atoms with van der Waals surface area (Å²) in [6.45, 7) is 6.23. The molecule has 1 aliphatic heterocycles. The number of aryl methyl sites for hydroxylation is 2. The zero-order valence-corrected chi connectivity index (χ0v) is 10.3. The van der Waals surface area contributed by atoms with E-state index in [4.69, 9.17) is 0 Å². The molecule has 1 aromatic rings. The van der Waals surface area contributed by atoms with Crippen molar-refractivity contribution >= 4 is 17.5 Å². The quantitative estimate of drug-likeness (QED) is 0.720. The van der Waals surface area contributed by atoms with Crippen LogP contribution >= 0.6 is 11.8 Å². The number of ketones is 1. The molecule has 0 amide bonds. The average molecular weight is 220 g/mol. The minimum atomic E-state index is 0.180. The number of carbonyl (C=O) groups excluding carboxylic acids is 1. The number of Topliss-reactive ketones (excluding diaryl/α,β-unsaturated/α-hetero) is 1. The highest BCUT2D eigenvalue weighted by atomic mass is 32.2. The van der Waals surface area contributed by atoms with Gasteiger partial charge in [-0.3, -0.25) is 4.79 Å². The van der Waals surface area contributed by atoms with Gasteiger partial charge >= 0.3 is 0 Å². The molecule has 1 heterocycles. The van der Waals surface area contributed by atoms with Crippen molar-refractivity contribution < 1.29 is 4.79 Å². The number of hydrogen-bond donors (Lipinski definition) is 0. The number of fused-ring (bicyclic) bond motifs is 1. The predicted octanol–water partition coefficient (Wildman–Crippen LogP) is 3.51. The summed E-state index contributed by atoms with van der Waals surface area (Å²) in [5, 5.41) is 0.180. The van der Waals surface area contributed by atoms with Crippen molar-refractivity contribution in [3.8, 4) is 0 Å². The topological polar surface area (TPSA) is 17.1 Å². The molecule has 1 atom stereocenters. The summed E-state index contributed by atoms with van der Waals surface area (Å²) in [4.78, 5) is 12.2. The maximum absolute atomic E-state index is 12.2. The van der Waals surface area contributed by atoms with Gasteiger partial charge in [-0.05, 0) is 31.4 Å². The third-order valence-electron chi connectivity index (χ3n) is 2.91. The predicted molar refractivity (Wildman–Crippen MR) is 65.6 cm³/mol. The Labute approximate surface area is 95.3 Å². The Morgan fingerprint density at radius 1 is 1.40 bits per heavy atom. The number of thioether (sulfide) groups is 1. The van der Waals surface area contributed by atoms with Crippen molar-refractivity contribution in [3.05, 3.63) is 34.4 Å². The van der Waals surface area contributed by atoms with Crippen molar-refractivity contribution in [2.75, 3.05) is 0 Å². The second-order valence-corrected chi connectivity index (χ2v) is 5.38. The van der Waals surface area contributed by atoms with Crippen LogP contribution < -0.4 is 0 Å². The van der Waals surface area contributed by atoms with E-state index in [1.165, 1.54) is 11.1 Å². The molecule has 2 rings (SSSR count). The summed E-state index contributed by atoms with van der Waals surface area (Å²) in [7, 11) is 0. The van der Waals surface area contributed by atoms with E-state index in [9.17, 15) is 4.79 Å². The van der Waals surface area contributed by atoms with Crippen LogP contribution in [0.1, 0.15) is 40.4 Å². The van der Waals surface area contributed by atoms with Gasteiger partial charge in [-0.1, -0.05) is 24.6 Å². The van der Waals surface area contributed by atoms with Crippen molar-refractivity contribution in [1.29, 1.82) is 0 Å². The molecule has 1 aromatic carbocycles. The van der Waals surface area contributed by atoms with Gasteiger partial charge in [-0.2, -0.15) is 0 Å². The van der Waals surface area contributed by atoms with E-state index >= 15 is 0 Å². The molecule has 0 saturated carbocycles. The minimum absolute atomic E-state index is 0.180. The summed E-state index contributed by atoms with van der Waals surface area (Å²) < 4.78 is 0. The summed E-state index contributed by atoms with van der Waals surface area (Å²) in [6, 6.07) is 4.26. The Morgan fingerprint density at radius 3 is 2.80 bits per heavy atom. The number of carbonyl (C=O) groups is 1. The maximum atomic E-state index is 12.2. The lowest BCUT2D eigenvalue weighted by Crippen LogP contribution is -2.23. The van der Waals surface area contributed by atoms with Crippen LogP contribution in [-0.2, 0) is 5.75 Å². The first kappa shape index (κ1) is 10.7. The van der Waals surface area contributed by atoms with Gasteiger partial charge in [0.15, 0.2) is 5.78 Å². The molecule has 0 fully saturated rings. The average Bonchev–Trinajstić information content (AvgIpc) is 2.17. The molecule has 0 aliphatic carbocycles. The first-order valence-corrected chi connectivity index (χ1v) is 6.44. The summed E-state index contributed by atoms with van der Waals surface area (Å²) in [6.07, 6.45) is 0.941. The molecule has 0 N–H and O–H groups in total. The first-order valence-electron chi connectivity index (χ1n) is 5.39. The van der Waals surface area contributed by atoms with Gasteiger partial charge in [0.2, 0.25) is 0 Å². The first-order chi connectivity index (χ1) is 7.13. The normalized spacial score (nSPS) is 20.2. The summed E-state index contributed by atoms with van der Waals surface area (Å²) in [5.41, 5.74) is 4.63. The Bertz CT molecular complexity index is 409. The van der Waals surface area contributed by atoms with E-state index < -0.39 is 0 Å². The molecule has 0 radical (unpaired) electrons. The Balaban J connectivity index is 2.52. The zero-order chi connectivity index (χ0) is 11.0. The Morgan fingerprint density at radius 2 is 2.13 bits per heavy atom. The third kappa shape index (κ3) is 1.83. The molecule has 15 heavy (non-hydrogen) atoms. The van der Waals surface area contributed by atoms with Gasteiger partial charge < -0.3 is 0 Å². The third-order valence-corrected chi connectivity index (χ3v) is 4.34. The highest BCUT2D eigenvalue weighted by molar-refractivity contribution is 8.00. The molecule has 1 nitrogen and oxygen atoms in total. The van der Waals surface area contributed by atoms with Crippen LogP contribution in [0.2, 0.25) is 0 Å². The van der Waals surface area contributed by atoms with Gasteiger partial charge in [0.05, 0.1) is 5.25 Å². The monoisotopic (exact) mass is 220 g/mol. The van der Waals surface area contributed by atoms with E-state index in [0.29, 0.717) is 5.78 Å². The van der Waals surface area contributed by atoms with Gasteiger partial charge in [0, 0.05) is 11.3 Å². The molecule has 0 saturated heterocycles. The largest absolute Gasteiger partial charge is 0.293 e. The molecule has 0 bridgehead atoms. The number of benzene rings is 1. The number of rotatable bonds is 1. The van der Waals surface area contributed by atoms with Crippen molar-refractivity contribution in [3.63, 3.8) is 0 Å². The Hall–Kier alpha value is -0.760. The molecule has 0 aromatic heterocycles. The van der Waals surface area contributed by atoms with E-state index in [2.05, 4.69) is 26.0 Å². The molecule has 80 valence electrons. The van der Waals surface area contributed by atoms with E-state index in [1.807, 2.05) is 6.92 Å². The molecular weight excluding hydrogens is 204 g/mol. The second-order valence-electron chi connectivity index (χ2n) is 4.19. The SMILES string of the molecule is CCC1SCc2cc(C)cc(C)c2C1=O. The lowest BCUT2D eigenvalue weighted by atomic mass is 9.94. The van der Waals surface area contributed by atoms with E-state index in [1.54, 1.807) is 11.8 Å². The van der Waals surface area contributed by atoms with Crippen LogP contribution in [0.15, 0.2) is 12.1 Å². The standard InChI is InChI=1S/C13H16OS/c1-4-11-13(14)12-9(3)5-8(2)6-10(12)7-15-11/h5-6,11H,4,7H2,1-3H3. The fourth-order valence-corrected chi connectivity index (χ4v) is 3.37. The number of hydrogen-bond acceptors (Lipinski definition) is 2. The van der Waals surface area contributed by atoms with Crippen LogP contribution in [0.4, 0.5) is 0 Å². The fraction of sp³-hybridized carbons (Fsp3) is 0.462. The van der Waals surface area contributed by atoms with Crippen molar-refractivity contribution in [1.82, 2.24) is 0 Å². The Kier molecular flexibility index (Phi) is 2.87. The van der Waals surface area contributed by atoms with E-state index in [0.717, 1.165) is 23.3 Å². The van der Waals surface area contributed by atoms with E-state index in [-0.39, 0.29) is 5.25 Å². The lowest BCUT2D eigenvalue weighted by Gasteiger charge is -2.23. The highest BCUT2D eigenvalue weighted by Crippen LogP contribution is 2.33. The minimum Gasteiger partial charge on any atom is -0.293 e. The molecule has 1 aliphatic rings. The smallest absolute Gasteiger partial charge is 0.176 e. The van der Waals surface area contributed by atoms with Crippen LogP contribution in [-0.4, -0.2) is 11.0 Å². The molecule has 2 heteroatoms. The molecule has 1 unspecified atom stereocenters. The van der Waals surface area contributed by atoms with Crippen LogP contribution in [0.5, 0.6) is 0 Å². The molecular formula is C13H16OS. The fourth-order valence-electron chi connectivity index (χ4n) is 2.25. The van der Waals surface area contributed by atoms with Gasteiger partial charge in [-0.25, -0.2) is 0 Å². The van der Waals surface area contributed by atoms with Crippen molar-refractivity contribution in [2.45, 2.75) is 38.2 Å². The zero-order valence-electron chi connectivity index (χ0n) is 9.46. The van der Waals surface area contributed by atoms with Gasteiger partial charge in [0.1, 0.15) is 0 Å². The van der Waals surface area contributed by atoms with Gasteiger partial charge in [-0.15, -0.1) is 11.8 Å². The lowest BCUT2D eigenvalue weighted by molar-refractivity contribution is 0.0985. The highest BCUT2D eigenvalue weighted by Gasteiger charge is 2.27. The van der Waals surface area contributed by atoms with Crippen LogP contribution in [0.25, 0.3) is 0 Å². The van der Waals surface area contributed by atoms with Gasteiger partial charge in [0.25, 0.3) is 0 Å². The van der Waals surface area contributed by atoms with Crippen molar-refractivity contribution in [2.24, 2.45) is 0 Å². The summed E-state index contributed by atoms with van der Waals surface area (Å²) in [5.74, 6) is 1.32.